The first-order chi connectivity index (χ1) is 10.7. The standard InChI is InChI=1S/C16H29N3O3/c1-18-6-8-22-15(11-18)12-19(10-13-4-5-13)16(20)17-9-14-3-2-7-21-14/h13-15H,2-12H2,1H3,(H,17,20)/t14-,15-/m0/s1. The Morgan fingerprint density at radius 2 is 2.00 bits per heavy atom. The van der Waals surface area contributed by atoms with Gasteiger partial charge in [-0.2, -0.15) is 0 Å². The second-order valence-corrected chi connectivity index (χ2v) is 6.92. The summed E-state index contributed by atoms with van der Waals surface area (Å²) in [5.74, 6) is 0.690. The minimum Gasteiger partial charge on any atom is -0.376 e. The minimum atomic E-state index is 0.0410. The number of morpholine rings is 1. The summed E-state index contributed by atoms with van der Waals surface area (Å²) < 4.78 is 11.4. The van der Waals surface area contributed by atoms with Crippen LogP contribution in [0.4, 0.5) is 4.79 Å². The highest BCUT2D eigenvalue weighted by Gasteiger charge is 2.30. The van der Waals surface area contributed by atoms with Crippen LogP contribution >= 0.6 is 0 Å². The quantitative estimate of drug-likeness (QED) is 0.792. The molecule has 2 amide bonds. The van der Waals surface area contributed by atoms with Gasteiger partial charge in [0.1, 0.15) is 0 Å². The van der Waals surface area contributed by atoms with E-state index >= 15 is 0 Å². The summed E-state index contributed by atoms with van der Waals surface area (Å²) in [4.78, 5) is 16.7. The van der Waals surface area contributed by atoms with Crippen LogP contribution in [0, 0.1) is 5.92 Å². The molecule has 3 rings (SSSR count). The van der Waals surface area contributed by atoms with Crippen LogP contribution in [0.2, 0.25) is 0 Å². The Morgan fingerprint density at radius 1 is 1.18 bits per heavy atom. The maximum absolute atomic E-state index is 12.5. The third-order valence-corrected chi connectivity index (χ3v) is 4.73. The van der Waals surface area contributed by atoms with Crippen LogP contribution in [0.15, 0.2) is 0 Å². The molecule has 2 heterocycles. The fourth-order valence-electron chi connectivity index (χ4n) is 3.19. The zero-order chi connectivity index (χ0) is 15.4. The fourth-order valence-corrected chi connectivity index (χ4v) is 3.19. The fraction of sp³-hybridized carbons (Fsp3) is 0.938. The summed E-state index contributed by atoms with van der Waals surface area (Å²) in [6.07, 6.45) is 4.99. The Hall–Kier alpha value is -0.850. The predicted molar refractivity (Wildman–Crippen MR) is 83.9 cm³/mol. The highest BCUT2D eigenvalue weighted by atomic mass is 16.5. The molecule has 2 aliphatic heterocycles. The summed E-state index contributed by atoms with van der Waals surface area (Å²) in [6, 6.07) is 0.0410. The average molecular weight is 311 g/mol. The number of likely N-dealkylation sites (N-methyl/N-ethyl adjacent to an activating group) is 1. The first-order valence-electron chi connectivity index (χ1n) is 8.65. The van der Waals surface area contributed by atoms with Crippen molar-refractivity contribution in [2.24, 2.45) is 5.92 Å². The molecule has 3 fully saturated rings. The number of ether oxygens (including phenoxy) is 2. The van der Waals surface area contributed by atoms with Crippen molar-refractivity contribution >= 4 is 6.03 Å². The lowest BCUT2D eigenvalue weighted by Gasteiger charge is -2.34. The van der Waals surface area contributed by atoms with E-state index in [1.54, 1.807) is 0 Å². The van der Waals surface area contributed by atoms with Gasteiger partial charge < -0.3 is 24.6 Å². The molecule has 0 bridgehead atoms. The largest absolute Gasteiger partial charge is 0.376 e. The van der Waals surface area contributed by atoms with Gasteiger partial charge in [-0.25, -0.2) is 4.79 Å². The molecule has 2 atom stereocenters. The Bertz CT molecular complexity index is 370. The number of nitrogens with zero attached hydrogens (tertiary/aromatic N) is 2. The number of hydrogen-bond donors (Lipinski definition) is 1. The van der Waals surface area contributed by atoms with Crippen LogP contribution in [0.25, 0.3) is 0 Å². The topological polar surface area (TPSA) is 54.0 Å². The lowest BCUT2D eigenvalue weighted by Crippen LogP contribution is -2.51. The number of urea groups is 1. The Kier molecular flexibility index (Phi) is 5.55. The molecule has 126 valence electrons. The van der Waals surface area contributed by atoms with Crippen LogP contribution < -0.4 is 5.32 Å². The van der Waals surface area contributed by atoms with Crippen molar-refractivity contribution in [3.05, 3.63) is 0 Å². The molecule has 0 aromatic heterocycles. The van der Waals surface area contributed by atoms with Crippen molar-refractivity contribution in [1.29, 1.82) is 0 Å². The Balaban J connectivity index is 1.47. The summed E-state index contributed by atoms with van der Waals surface area (Å²) >= 11 is 0. The van der Waals surface area contributed by atoms with Gasteiger partial charge in [0.25, 0.3) is 0 Å². The lowest BCUT2D eigenvalue weighted by molar-refractivity contribution is -0.0309. The van der Waals surface area contributed by atoms with E-state index in [0.29, 0.717) is 19.0 Å². The van der Waals surface area contributed by atoms with Gasteiger partial charge in [0.15, 0.2) is 0 Å². The van der Waals surface area contributed by atoms with Crippen LogP contribution in [0.3, 0.4) is 0 Å². The number of carbonyl (C=O) groups excluding carboxylic acids is 1. The number of hydrogen-bond acceptors (Lipinski definition) is 4. The molecule has 0 radical (unpaired) electrons. The molecule has 0 unspecified atom stereocenters. The molecule has 0 spiro atoms. The van der Waals surface area contributed by atoms with Gasteiger partial charge in [-0.15, -0.1) is 0 Å². The molecule has 6 nitrogen and oxygen atoms in total. The highest BCUT2D eigenvalue weighted by Crippen LogP contribution is 2.30. The van der Waals surface area contributed by atoms with Crippen molar-refractivity contribution in [2.45, 2.75) is 37.9 Å². The van der Waals surface area contributed by atoms with E-state index in [1.807, 2.05) is 4.90 Å². The van der Waals surface area contributed by atoms with Crippen molar-refractivity contribution in [2.75, 3.05) is 53.0 Å². The first-order valence-corrected chi connectivity index (χ1v) is 8.65. The summed E-state index contributed by atoms with van der Waals surface area (Å²) in [6.45, 7) is 5.65. The van der Waals surface area contributed by atoms with Crippen molar-refractivity contribution < 1.29 is 14.3 Å². The molecule has 1 saturated carbocycles. The highest BCUT2D eigenvalue weighted by molar-refractivity contribution is 5.74. The molecule has 1 N–H and O–H groups in total. The summed E-state index contributed by atoms with van der Waals surface area (Å²) in [5.41, 5.74) is 0. The minimum absolute atomic E-state index is 0.0410. The van der Waals surface area contributed by atoms with Gasteiger partial charge in [-0.1, -0.05) is 0 Å². The second-order valence-electron chi connectivity index (χ2n) is 6.92. The molecule has 0 aromatic rings. The second kappa shape index (κ2) is 7.62. The van der Waals surface area contributed by atoms with Gasteiger partial charge in [-0.3, -0.25) is 0 Å². The van der Waals surface area contributed by atoms with Gasteiger partial charge >= 0.3 is 6.03 Å². The smallest absolute Gasteiger partial charge is 0.317 e. The summed E-state index contributed by atoms with van der Waals surface area (Å²) in [7, 11) is 2.11. The molecule has 0 aromatic carbocycles. The molecular weight excluding hydrogens is 282 g/mol. The first kappa shape index (κ1) is 16.0. The lowest BCUT2D eigenvalue weighted by atomic mass is 10.2. The maximum atomic E-state index is 12.5. The van der Waals surface area contributed by atoms with Gasteiger partial charge in [0.2, 0.25) is 0 Å². The number of rotatable bonds is 6. The number of amides is 2. The van der Waals surface area contributed by atoms with E-state index in [2.05, 4.69) is 17.3 Å². The SMILES string of the molecule is CN1CCO[C@H](CN(CC2CC2)C(=O)NC[C@@H]2CCCO2)C1. The summed E-state index contributed by atoms with van der Waals surface area (Å²) in [5, 5.41) is 3.05. The van der Waals surface area contributed by atoms with Crippen molar-refractivity contribution in [1.82, 2.24) is 15.1 Å². The van der Waals surface area contributed by atoms with Crippen LogP contribution in [-0.2, 0) is 9.47 Å². The van der Waals surface area contributed by atoms with Crippen LogP contribution in [0.1, 0.15) is 25.7 Å². The van der Waals surface area contributed by atoms with Gasteiger partial charge in [0.05, 0.1) is 18.8 Å². The Morgan fingerprint density at radius 3 is 2.68 bits per heavy atom. The molecule has 22 heavy (non-hydrogen) atoms. The third-order valence-electron chi connectivity index (χ3n) is 4.73. The van der Waals surface area contributed by atoms with E-state index in [0.717, 1.165) is 45.7 Å². The molecule has 6 heteroatoms. The number of nitrogens with one attached hydrogen (secondary N) is 1. The zero-order valence-electron chi connectivity index (χ0n) is 13.6. The van der Waals surface area contributed by atoms with E-state index in [1.165, 1.54) is 12.8 Å². The third kappa shape index (κ3) is 4.83. The van der Waals surface area contributed by atoms with Crippen LogP contribution in [-0.4, -0.2) is 81.0 Å². The predicted octanol–water partition coefficient (Wildman–Crippen LogP) is 0.918. The van der Waals surface area contributed by atoms with Crippen molar-refractivity contribution in [3.63, 3.8) is 0 Å². The van der Waals surface area contributed by atoms with E-state index in [-0.39, 0.29) is 18.2 Å². The number of carbonyl (C=O) groups is 1. The average Bonchev–Trinajstić information content (AvgIpc) is 3.16. The molecule has 2 saturated heterocycles. The van der Waals surface area contributed by atoms with Crippen LogP contribution in [0.5, 0.6) is 0 Å². The maximum Gasteiger partial charge on any atom is 0.317 e. The van der Waals surface area contributed by atoms with E-state index in [9.17, 15) is 4.79 Å². The normalized spacial score (nSPS) is 29.5. The zero-order valence-corrected chi connectivity index (χ0v) is 13.6. The van der Waals surface area contributed by atoms with E-state index in [4.69, 9.17) is 9.47 Å². The van der Waals surface area contributed by atoms with Crippen molar-refractivity contribution in [3.8, 4) is 0 Å². The molecule has 1 aliphatic carbocycles. The Labute approximate surface area is 133 Å². The molecule has 3 aliphatic rings. The monoisotopic (exact) mass is 311 g/mol. The van der Waals surface area contributed by atoms with Gasteiger partial charge in [0, 0.05) is 39.3 Å². The van der Waals surface area contributed by atoms with E-state index < -0.39 is 0 Å². The molecular formula is C16H29N3O3. The van der Waals surface area contributed by atoms with Gasteiger partial charge in [-0.05, 0) is 38.6 Å².